The van der Waals surface area contributed by atoms with Crippen molar-refractivity contribution in [3.05, 3.63) is 83.7 Å². The predicted octanol–water partition coefficient (Wildman–Crippen LogP) is 2.95. The number of amidine groups is 1. The Morgan fingerprint density at radius 3 is 2.51 bits per heavy atom. The Kier molecular flexibility index (Phi) is 5.77. The topological polar surface area (TPSA) is 85.6 Å². The average molecular weight is 469 g/mol. The number of hydrogen-bond donors (Lipinski definition) is 2. The molecule has 9 nitrogen and oxygen atoms in total. The van der Waals surface area contributed by atoms with Gasteiger partial charge in [-0.1, -0.05) is 47.6 Å². The summed E-state index contributed by atoms with van der Waals surface area (Å²) in [7, 11) is 1.86. The number of benzene rings is 2. The molecule has 2 aromatic heterocycles. The number of piperidine rings is 1. The van der Waals surface area contributed by atoms with Gasteiger partial charge in [0.1, 0.15) is 18.2 Å². The number of ether oxygens (including phenoxy) is 1. The van der Waals surface area contributed by atoms with Crippen molar-refractivity contribution < 1.29 is 9.85 Å². The Morgan fingerprint density at radius 1 is 0.971 bits per heavy atom. The van der Waals surface area contributed by atoms with E-state index in [0.717, 1.165) is 52.6 Å². The van der Waals surface area contributed by atoms with Crippen LogP contribution >= 0.6 is 0 Å². The lowest BCUT2D eigenvalue weighted by molar-refractivity contribution is -0.845. The molecule has 0 spiro atoms. The van der Waals surface area contributed by atoms with Crippen molar-refractivity contribution in [1.29, 1.82) is 0 Å². The van der Waals surface area contributed by atoms with E-state index in [9.17, 15) is 0 Å². The summed E-state index contributed by atoms with van der Waals surface area (Å²) in [6.07, 6.45) is 7.37. The molecule has 4 heterocycles. The van der Waals surface area contributed by atoms with Gasteiger partial charge in [-0.2, -0.15) is 9.61 Å². The van der Waals surface area contributed by atoms with E-state index in [1.165, 1.54) is 19.3 Å². The van der Waals surface area contributed by atoms with Crippen LogP contribution in [-0.2, 0) is 6.61 Å². The highest BCUT2D eigenvalue weighted by molar-refractivity contribution is 6.04. The van der Waals surface area contributed by atoms with Crippen LogP contribution in [0.3, 0.4) is 0 Å². The second-order valence-electron chi connectivity index (χ2n) is 8.87. The van der Waals surface area contributed by atoms with Gasteiger partial charge in [0.05, 0.1) is 18.8 Å². The Morgan fingerprint density at radius 2 is 1.77 bits per heavy atom. The summed E-state index contributed by atoms with van der Waals surface area (Å²) in [5.41, 5.74) is 12.1. The minimum absolute atomic E-state index is 0.546. The largest absolute Gasteiger partial charge is 0.489 e. The van der Waals surface area contributed by atoms with Crippen LogP contribution in [0.1, 0.15) is 30.4 Å². The van der Waals surface area contributed by atoms with E-state index in [0.29, 0.717) is 17.6 Å². The molecule has 4 aromatic rings. The fraction of sp³-hybridized carbons (Fsp3) is 0.269. The number of nitrogens with one attached hydrogen (secondary N) is 2. The van der Waals surface area contributed by atoms with Crippen LogP contribution in [0.4, 0.5) is 5.82 Å². The van der Waals surface area contributed by atoms with E-state index in [1.54, 1.807) is 0 Å². The van der Waals surface area contributed by atoms with Crippen molar-refractivity contribution in [2.24, 2.45) is 5.10 Å². The zero-order valence-corrected chi connectivity index (χ0v) is 19.7. The average Bonchev–Trinajstić information content (AvgIpc) is 3.54. The van der Waals surface area contributed by atoms with Gasteiger partial charge >= 0.3 is 0 Å². The van der Waals surface area contributed by atoms with Gasteiger partial charge in [-0.25, -0.2) is 4.98 Å². The Balaban J connectivity index is 1.35. The molecule has 0 bridgehead atoms. The normalized spacial score (nSPS) is 17.9. The minimum Gasteiger partial charge on any atom is -0.489 e. The monoisotopic (exact) mass is 468 g/mol. The molecule has 0 amide bonds. The van der Waals surface area contributed by atoms with Crippen molar-refractivity contribution in [3.8, 4) is 16.9 Å². The van der Waals surface area contributed by atoms with Crippen molar-refractivity contribution in [3.63, 3.8) is 0 Å². The Labute approximate surface area is 204 Å². The summed E-state index contributed by atoms with van der Waals surface area (Å²) >= 11 is 0. The maximum Gasteiger partial charge on any atom is 0.180 e. The first-order valence-electron chi connectivity index (χ1n) is 12.0. The molecule has 1 fully saturated rings. The van der Waals surface area contributed by atoms with E-state index in [-0.39, 0.29) is 0 Å². The molecular formula is C26H28N8O. The highest BCUT2D eigenvalue weighted by Crippen LogP contribution is 2.34. The second kappa shape index (κ2) is 9.36. The Hall–Kier alpha value is -3.95. The van der Waals surface area contributed by atoms with Crippen molar-refractivity contribution in [1.82, 2.24) is 20.0 Å². The number of aromatic nitrogens is 3. The van der Waals surface area contributed by atoms with Crippen LogP contribution in [0.2, 0.25) is 0 Å². The van der Waals surface area contributed by atoms with Gasteiger partial charge < -0.3 is 20.6 Å². The molecule has 6 rings (SSSR count). The van der Waals surface area contributed by atoms with E-state index in [2.05, 4.69) is 45.2 Å². The highest BCUT2D eigenvalue weighted by Gasteiger charge is 2.23. The van der Waals surface area contributed by atoms with E-state index >= 15 is 0 Å². The SMILES string of the molecule is C[NH+]1N=C(c2cnn3c(N4CCCCC4)c(-c4ccc(OCc5ccccc5)cc4)cnc23)N[N-]1. The third-order valence-corrected chi connectivity index (χ3v) is 6.42. The molecule has 2 aromatic carbocycles. The van der Waals surface area contributed by atoms with E-state index < -0.39 is 0 Å². The molecule has 2 aliphatic heterocycles. The molecule has 1 atom stereocenters. The molecular weight excluding hydrogens is 440 g/mol. The van der Waals surface area contributed by atoms with Gasteiger partial charge in [-0.3, -0.25) is 5.12 Å². The lowest BCUT2D eigenvalue weighted by Gasteiger charge is -2.30. The first-order valence-corrected chi connectivity index (χ1v) is 12.0. The van der Waals surface area contributed by atoms with Gasteiger partial charge in [0.2, 0.25) is 0 Å². The summed E-state index contributed by atoms with van der Waals surface area (Å²) < 4.78 is 7.95. The first-order chi connectivity index (χ1) is 17.3. The number of nitrogens with zero attached hydrogens (tertiary/aromatic N) is 6. The van der Waals surface area contributed by atoms with E-state index in [1.807, 2.05) is 54.3 Å². The molecule has 2 N–H and O–H groups in total. The summed E-state index contributed by atoms with van der Waals surface area (Å²) in [6.45, 7) is 2.55. The third-order valence-electron chi connectivity index (χ3n) is 6.42. The molecule has 0 saturated carbocycles. The van der Waals surface area contributed by atoms with Crippen LogP contribution in [0.25, 0.3) is 22.3 Å². The molecule has 2 aliphatic rings. The van der Waals surface area contributed by atoms with Crippen LogP contribution in [0.15, 0.2) is 72.1 Å². The molecule has 1 unspecified atom stereocenters. The van der Waals surface area contributed by atoms with Gasteiger partial charge in [-0.05, 0) is 42.5 Å². The smallest absolute Gasteiger partial charge is 0.180 e. The quantitative estimate of drug-likeness (QED) is 0.455. The summed E-state index contributed by atoms with van der Waals surface area (Å²) in [4.78, 5) is 7.24. The fourth-order valence-electron chi connectivity index (χ4n) is 4.64. The molecule has 1 saturated heterocycles. The van der Waals surface area contributed by atoms with Crippen LogP contribution in [0.5, 0.6) is 5.75 Å². The molecule has 0 radical (unpaired) electrons. The van der Waals surface area contributed by atoms with Crippen molar-refractivity contribution >= 4 is 17.3 Å². The predicted molar refractivity (Wildman–Crippen MR) is 135 cm³/mol. The number of fused-ring (bicyclic) bond motifs is 1. The molecule has 9 heteroatoms. The van der Waals surface area contributed by atoms with Crippen LogP contribution in [0, 0.1) is 0 Å². The zero-order valence-electron chi connectivity index (χ0n) is 19.7. The summed E-state index contributed by atoms with van der Waals surface area (Å²) in [5.74, 6) is 2.59. The number of rotatable bonds is 6. The standard InChI is InChI=1S/C26H28N8O/c1-32-30-24(29-31-32)23-17-28-34-25(23)27-16-22(26(34)33-14-6-3-7-15-33)20-10-12-21(13-11-20)35-18-19-8-4-2-5-9-19/h2,4-5,8-13,16-17,32H,3,6-7,14-15,18H2,1H3,(H,29,30). The summed E-state index contributed by atoms with van der Waals surface area (Å²) in [5, 5.41) is 9.93. The maximum absolute atomic E-state index is 5.99. The zero-order chi connectivity index (χ0) is 23.6. The highest BCUT2D eigenvalue weighted by atomic mass is 16.5. The fourth-order valence-corrected chi connectivity index (χ4v) is 4.64. The third kappa shape index (κ3) is 4.31. The number of anilines is 1. The van der Waals surface area contributed by atoms with Gasteiger partial charge in [0.25, 0.3) is 0 Å². The molecule has 35 heavy (non-hydrogen) atoms. The van der Waals surface area contributed by atoms with E-state index in [4.69, 9.17) is 14.8 Å². The molecule has 0 aliphatic carbocycles. The van der Waals surface area contributed by atoms with Crippen LogP contribution < -0.4 is 20.2 Å². The maximum atomic E-state index is 5.99. The Bertz CT molecular complexity index is 1340. The minimum atomic E-state index is 0.546. The number of hydrogen-bond acceptors (Lipinski definition) is 6. The first kappa shape index (κ1) is 21.6. The molecule has 178 valence electrons. The lowest BCUT2D eigenvalue weighted by atomic mass is 10.1. The second-order valence-corrected chi connectivity index (χ2v) is 8.87. The summed E-state index contributed by atoms with van der Waals surface area (Å²) in [6, 6.07) is 18.4. The van der Waals surface area contributed by atoms with Gasteiger partial charge in [0.15, 0.2) is 11.5 Å². The van der Waals surface area contributed by atoms with Crippen molar-refractivity contribution in [2.45, 2.75) is 25.9 Å². The van der Waals surface area contributed by atoms with Gasteiger partial charge in [0, 0.05) is 24.8 Å². The van der Waals surface area contributed by atoms with Crippen LogP contribution in [-0.4, -0.2) is 40.6 Å². The van der Waals surface area contributed by atoms with Gasteiger partial charge in [-0.15, -0.1) is 0 Å². The number of quaternary nitrogens is 1. The van der Waals surface area contributed by atoms with Crippen molar-refractivity contribution in [2.75, 3.05) is 25.0 Å². The lowest BCUT2D eigenvalue weighted by Crippen LogP contribution is -2.98.